The van der Waals surface area contributed by atoms with Crippen molar-refractivity contribution >= 4 is 33.3 Å². The normalized spacial score (nSPS) is 10.9. The fourth-order valence-electron chi connectivity index (χ4n) is 2.95. The van der Waals surface area contributed by atoms with Gasteiger partial charge >= 0.3 is 5.97 Å². The number of methoxy groups -OCH3 is 1. The molecule has 7 nitrogen and oxygen atoms in total. The summed E-state index contributed by atoms with van der Waals surface area (Å²) in [7, 11) is -2.76. The molecule has 0 heterocycles. The molecule has 160 valence electrons. The molecule has 0 aliphatic carbocycles. The molecule has 3 aromatic rings. The highest BCUT2D eigenvalue weighted by atomic mass is 32.2. The Hall–Kier alpha value is -3.65. The molecule has 0 aliphatic rings. The van der Waals surface area contributed by atoms with Crippen LogP contribution >= 0.6 is 0 Å². The average molecular weight is 439 g/mol. The van der Waals surface area contributed by atoms with E-state index < -0.39 is 28.4 Å². The standard InChI is InChI=1S/C23H22N2O5S/c1-17-12-14-18(15-13-17)25(31(28,29)19-8-4-3-5-9-19)16-22(26)24-21-11-7-6-10-20(21)23(27)30-2/h3-15H,16H2,1-2H3,(H,24,26). The highest BCUT2D eigenvalue weighted by molar-refractivity contribution is 7.92. The Balaban J connectivity index is 1.94. The summed E-state index contributed by atoms with van der Waals surface area (Å²) in [5.74, 6) is -1.21. The van der Waals surface area contributed by atoms with Gasteiger partial charge in [0.25, 0.3) is 10.0 Å². The number of hydrogen-bond donors (Lipinski definition) is 1. The molecule has 0 unspecified atom stereocenters. The summed E-state index contributed by atoms with van der Waals surface area (Å²) in [6, 6.07) is 21.1. The van der Waals surface area contributed by atoms with Crippen LogP contribution in [0.15, 0.2) is 83.8 Å². The van der Waals surface area contributed by atoms with E-state index in [1.165, 1.54) is 25.3 Å². The second-order valence-corrected chi connectivity index (χ2v) is 8.61. The predicted molar refractivity (Wildman–Crippen MR) is 119 cm³/mol. The summed E-state index contributed by atoms with van der Waals surface area (Å²) in [6.45, 7) is 1.41. The Bertz CT molecular complexity index is 1180. The molecule has 8 heteroatoms. The highest BCUT2D eigenvalue weighted by Gasteiger charge is 2.27. The van der Waals surface area contributed by atoms with Crippen LogP contribution < -0.4 is 9.62 Å². The summed E-state index contributed by atoms with van der Waals surface area (Å²) in [6.07, 6.45) is 0. The number of carbonyl (C=O) groups excluding carboxylic acids is 2. The fraction of sp³-hybridized carbons (Fsp3) is 0.130. The number of amides is 1. The van der Waals surface area contributed by atoms with E-state index >= 15 is 0 Å². The maximum absolute atomic E-state index is 13.3. The minimum atomic E-state index is -4.00. The fourth-order valence-corrected chi connectivity index (χ4v) is 4.39. The van der Waals surface area contributed by atoms with E-state index in [2.05, 4.69) is 5.32 Å². The molecular formula is C23H22N2O5S. The van der Waals surface area contributed by atoms with Gasteiger partial charge in [-0.15, -0.1) is 0 Å². The first kappa shape index (κ1) is 22.0. The van der Waals surface area contributed by atoms with E-state index in [1.807, 2.05) is 6.92 Å². The molecule has 1 N–H and O–H groups in total. The van der Waals surface area contributed by atoms with Crippen LogP contribution in [0.25, 0.3) is 0 Å². The van der Waals surface area contributed by atoms with Gasteiger partial charge in [0.2, 0.25) is 5.91 Å². The Labute approximate surface area is 181 Å². The van der Waals surface area contributed by atoms with Gasteiger partial charge < -0.3 is 10.1 Å². The lowest BCUT2D eigenvalue weighted by Gasteiger charge is -2.24. The molecule has 1 amide bonds. The minimum absolute atomic E-state index is 0.0679. The SMILES string of the molecule is COC(=O)c1ccccc1NC(=O)CN(c1ccc(C)cc1)S(=O)(=O)c1ccccc1. The number of para-hydroxylation sites is 1. The van der Waals surface area contributed by atoms with Crippen molar-refractivity contribution in [1.29, 1.82) is 0 Å². The number of carbonyl (C=O) groups is 2. The van der Waals surface area contributed by atoms with Gasteiger partial charge in [-0.25, -0.2) is 13.2 Å². The van der Waals surface area contributed by atoms with E-state index in [-0.39, 0.29) is 16.1 Å². The van der Waals surface area contributed by atoms with E-state index in [9.17, 15) is 18.0 Å². The summed E-state index contributed by atoms with van der Waals surface area (Å²) in [5, 5.41) is 2.62. The van der Waals surface area contributed by atoms with Crippen molar-refractivity contribution in [3.05, 3.63) is 90.0 Å². The largest absolute Gasteiger partial charge is 0.465 e. The van der Waals surface area contributed by atoms with Gasteiger partial charge in [-0.3, -0.25) is 9.10 Å². The van der Waals surface area contributed by atoms with Gasteiger partial charge in [0.1, 0.15) is 6.54 Å². The Morgan fingerprint density at radius 1 is 0.903 bits per heavy atom. The number of aryl methyl sites for hydroxylation is 1. The molecule has 0 aliphatic heterocycles. The number of hydrogen-bond acceptors (Lipinski definition) is 5. The van der Waals surface area contributed by atoms with Crippen molar-refractivity contribution in [3.8, 4) is 0 Å². The number of sulfonamides is 1. The number of ether oxygens (including phenoxy) is 1. The first-order chi connectivity index (χ1) is 14.8. The molecule has 0 aromatic heterocycles. The van der Waals surface area contributed by atoms with Crippen LogP contribution in [0.4, 0.5) is 11.4 Å². The molecular weight excluding hydrogens is 416 g/mol. The van der Waals surface area contributed by atoms with Crippen molar-refractivity contribution in [1.82, 2.24) is 0 Å². The van der Waals surface area contributed by atoms with Crippen molar-refractivity contribution in [3.63, 3.8) is 0 Å². The van der Waals surface area contributed by atoms with Crippen molar-refractivity contribution in [2.45, 2.75) is 11.8 Å². The summed E-state index contributed by atoms with van der Waals surface area (Å²) in [4.78, 5) is 24.9. The molecule has 0 saturated heterocycles. The lowest BCUT2D eigenvalue weighted by Crippen LogP contribution is -2.38. The van der Waals surface area contributed by atoms with Gasteiger partial charge in [-0.2, -0.15) is 0 Å². The molecule has 0 atom stereocenters. The third-order valence-electron chi connectivity index (χ3n) is 4.55. The minimum Gasteiger partial charge on any atom is -0.465 e. The second-order valence-electron chi connectivity index (χ2n) is 6.75. The monoisotopic (exact) mass is 438 g/mol. The summed E-state index contributed by atoms with van der Waals surface area (Å²) in [5.41, 5.74) is 1.72. The summed E-state index contributed by atoms with van der Waals surface area (Å²) < 4.78 is 32.4. The number of benzene rings is 3. The molecule has 3 rings (SSSR count). The molecule has 3 aromatic carbocycles. The molecule has 0 radical (unpaired) electrons. The molecule has 31 heavy (non-hydrogen) atoms. The second kappa shape index (κ2) is 9.44. The predicted octanol–water partition coefficient (Wildman–Crippen LogP) is 3.62. The number of nitrogens with one attached hydrogen (secondary N) is 1. The molecule has 0 bridgehead atoms. The quantitative estimate of drug-likeness (QED) is 0.569. The van der Waals surface area contributed by atoms with Gasteiger partial charge in [-0.1, -0.05) is 48.0 Å². The van der Waals surface area contributed by atoms with Crippen LogP contribution in [0.2, 0.25) is 0 Å². The van der Waals surface area contributed by atoms with Crippen LogP contribution in [-0.4, -0.2) is 33.9 Å². The number of nitrogens with zero attached hydrogens (tertiary/aromatic N) is 1. The molecule has 0 saturated carbocycles. The zero-order valence-electron chi connectivity index (χ0n) is 17.1. The van der Waals surface area contributed by atoms with E-state index in [0.29, 0.717) is 5.69 Å². The van der Waals surface area contributed by atoms with Crippen LogP contribution in [0, 0.1) is 6.92 Å². The molecule has 0 fully saturated rings. The lowest BCUT2D eigenvalue weighted by molar-refractivity contribution is -0.114. The summed E-state index contributed by atoms with van der Waals surface area (Å²) >= 11 is 0. The first-order valence-corrected chi connectivity index (χ1v) is 10.9. The highest BCUT2D eigenvalue weighted by Crippen LogP contribution is 2.24. The van der Waals surface area contributed by atoms with Gasteiger partial charge in [-0.05, 0) is 43.3 Å². The van der Waals surface area contributed by atoms with Gasteiger partial charge in [0, 0.05) is 0 Å². The Morgan fingerprint density at radius 3 is 2.16 bits per heavy atom. The smallest absolute Gasteiger partial charge is 0.339 e. The van der Waals surface area contributed by atoms with Crippen molar-refractivity contribution < 1.29 is 22.7 Å². The van der Waals surface area contributed by atoms with Crippen molar-refractivity contribution in [2.24, 2.45) is 0 Å². The maximum atomic E-state index is 13.3. The zero-order chi connectivity index (χ0) is 22.4. The van der Waals surface area contributed by atoms with Crippen LogP contribution in [-0.2, 0) is 19.6 Å². The Kier molecular flexibility index (Phi) is 6.71. The van der Waals surface area contributed by atoms with Crippen LogP contribution in [0.3, 0.4) is 0 Å². The maximum Gasteiger partial charge on any atom is 0.339 e. The zero-order valence-corrected chi connectivity index (χ0v) is 17.9. The molecule has 0 spiro atoms. The number of rotatable bonds is 7. The van der Waals surface area contributed by atoms with Gasteiger partial charge in [0.05, 0.1) is 28.9 Å². The van der Waals surface area contributed by atoms with Crippen LogP contribution in [0.5, 0.6) is 0 Å². The lowest BCUT2D eigenvalue weighted by atomic mass is 10.2. The number of esters is 1. The van der Waals surface area contributed by atoms with E-state index in [0.717, 1.165) is 9.87 Å². The van der Waals surface area contributed by atoms with Crippen LogP contribution in [0.1, 0.15) is 15.9 Å². The first-order valence-electron chi connectivity index (χ1n) is 9.44. The van der Waals surface area contributed by atoms with Crippen molar-refractivity contribution in [2.75, 3.05) is 23.3 Å². The topological polar surface area (TPSA) is 92.8 Å². The third kappa shape index (κ3) is 5.10. The Morgan fingerprint density at radius 2 is 1.52 bits per heavy atom. The third-order valence-corrected chi connectivity index (χ3v) is 6.33. The van der Waals surface area contributed by atoms with E-state index in [1.54, 1.807) is 60.7 Å². The van der Waals surface area contributed by atoms with Gasteiger partial charge in [0.15, 0.2) is 0 Å². The van der Waals surface area contributed by atoms with E-state index in [4.69, 9.17) is 4.74 Å². The average Bonchev–Trinajstić information content (AvgIpc) is 2.78. The number of anilines is 2.